The van der Waals surface area contributed by atoms with Crippen LogP contribution in [0.5, 0.6) is 11.5 Å². The second kappa shape index (κ2) is 9.50. The van der Waals surface area contributed by atoms with E-state index in [1.165, 1.54) is 18.7 Å². The molecular weight excluding hydrogens is 440 g/mol. The fourth-order valence-corrected chi connectivity index (χ4v) is 4.52. The van der Waals surface area contributed by atoms with Gasteiger partial charge >= 0.3 is 11.3 Å². The monoisotopic (exact) mass is 465 g/mol. The van der Waals surface area contributed by atoms with E-state index in [0.29, 0.717) is 46.0 Å². The van der Waals surface area contributed by atoms with Crippen molar-refractivity contribution < 1.29 is 19.0 Å². The minimum atomic E-state index is -0.692. The minimum absolute atomic E-state index is 0.180. The maximum absolute atomic E-state index is 13.2. The van der Waals surface area contributed by atoms with Crippen molar-refractivity contribution in [1.82, 2.24) is 10.1 Å². The lowest BCUT2D eigenvalue weighted by atomic mass is 10.0. The molecule has 0 saturated heterocycles. The van der Waals surface area contributed by atoms with Crippen molar-refractivity contribution in [3.05, 3.63) is 71.0 Å². The molecule has 0 fully saturated rings. The van der Waals surface area contributed by atoms with Gasteiger partial charge in [-0.1, -0.05) is 30.0 Å². The Hall–Kier alpha value is -3.59. The van der Waals surface area contributed by atoms with E-state index in [4.69, 9.17) is 14.6 Å². The standard InChI is InChI=1S/C24H24N4O4S/c1-5-13-33-24-25-22(30)21-17-9-7-8-10-18(17)27(15(3)29)23(28(21)26-24)16-11-12-19(32-6-2)20(14-16)31-4/h5,7-12,14,23H,1,6,13H2,2-4H3/p+1/t23-/m1/s1. The number of methoxy groups -OCH3 is 1. The number of benzene rings is 2. The van der Waals surface area contributed by atoms with Gasteiger partial charge in [0.15, 0.2) is 11.5 Å². The fraction of sp³-hybridized carbons (Fsp3) is 0.250. The Kier molecular flexibility index (Phi) is 6.50. The average Bonchev–Trinajstić information content (AvgIpc) is 2.81. The molecule has 33 heavy (non-hydrogen) atoms. The predicted octanol–water partition coefficient (Wildman–Crippen LogP) is 3.32. The number of nitrogens with zero attached hydrogens (tertiary/aromatic N) is 3. The number of fused-ring (bicyclic) bond motifs is 3. The summed E-state index contributed by atoms with van der Waals surface area (Å²) in [5.41, 5.74) is 2.10. The number of aromatic nitrogens is 3. The first kappa shape index (κ1) is 22.6. The highest BCUT2D eigenvalue weighted by atomic mass is 32.2. The number of rotatable bonds is 7. The van der Waals surface area contributed by atoms with E-state index in [2.05, 4.69) is 11.6 Å². The summed E-state index contributed by atoms with van der Waals surface area (Å²) in [6.45, 7) is 7.62. The van der Waals surface area contributed by atoms with E-state index in [1.54, 1.807) is 28.8 Å². The number of nitrogens with one attached hydrogen (secondary N) is 1. The number of carbonyl (C=O) groups excluding carboxylic acids is 1. The largest absolute Gasteiger partial charge is 0.493 e. The molecule has 0 radical (unpaired) electrons. The first-order valence-corrected chi connectivity index (χ1v) is 11.5. The summed E-state index contributed by atoms with van der Waals surface area (Å²) in [6, 6.07) is 12.8. The van der Waals surface area contributed by atoms with E-state index < -0.39 is 6.17 Å². The summed E-state index contributed by atoms with van der Waals surface area (Å²) in [6.07, 6.45) is 1.04. The highest BCUT2D eigenvalue weighted by Gasteiger charge is 2.45. The number of amides is 1. The molecular formula is C24H25N4O4S+. The summed E-state index contributed by atoms with van der Waals surface area (Å²) < 4.78 is 12.8. The molecule has 0 unspecified atom stereocenters. The number of ether oxygens (including phenoxy) is 2. The summed E-state index contributed by atoms with van der Waals surface area (Å²) in [4.78, 5) is 30.7. The number of hydrogen-bond donors (Lipinski definition) is 1. The van der Waals surface area contributed by atoms with E-state index in [1.807, 2.05) is 43.3 Å². The maximum atomic E-state index is 13.2. The lowest BCUT2D eigenvalue weighted by Crippen LogP contribution is -2.60. The molecule has 1 aliphatic rings. The van der Waals surface area contributed by atoms with Crippen LogP contribution >= 0.6 is 11.8 Å². The first-order chi connectivity index (χ1) is 16.0. The molecule has 3 aromatic rings. The van der Waals surface area contributed by atoms with Crippen molar-refractivity contribution in [2.45, 2.75) is 25.2 Å². The molecule has 0 spiro atoms. The zero-order valence-electron chi connectivity index (χ0n) is 18.7. The number of para-hydroxylation sites is 1. The fourth-order valence-electron chi connectivity index (χ4n) is 3.94. The summed E-state index contributed by atoms with van der Waals surface area (Å²) >= 11 is 1.36. The van der Waals surface area contributed by atoms with Crippen LogP contribution in [0.4, 0.5) is 5.69 Å². The predicted molar refractivity (Wildman–Crippen MR) is 127 cm³/mol. The molecule has 1 atom stereocenters. The van der Waals surface area contributed by atoms with Crippen LogP contribution in [0.25, 0.3) is 11.3 Å². The number of thioether (sulfide) groups is 1. The van der Waals surface area contributed by atoms with Crippen LogP contribution in [0.3, 0.4) is 0 Å². The molecule has 2 heterocycles. The smallest absolute Gasteiger partial charge is 0.325 e. The van der Waals surface area contributed by atoms with Crippen LogP contribution in [-0.4, -0.2) is 35.5 Å². The normalized spacial score (nSPS) is 14.3. The van der Waals surface area contributed by atoms with E-state index in [9.17, 15) is 9.59 Å². The summed E-state index contributed by atoms with van der Waals surface area (Å²) in [5.74, 6) is 1.53. The highest BCUT2D eigenvalue weighted by molar-refractivity contribution is 7.99. The summed E-state index contributed by atoms with van der Waals surface area (Å²) in [7, 11) is 1.56. The second-order valence-corrected chi connectivity index (χ2v) is 8.28. The Labute approximate surface area is 195 Å². The molecule has 170 valence electrons. The number of carbonyl (C=O) groups is 1. The van der Waals surface area contributed by atoms with Crippen LogP contribution in [0.15, 0.2) is 65.1 Å². The molecule has 2 aromatic carbocycles. The van der Waals surface area contributed by atoms with Gasteiger partial charge in [0.25, 0.3) is 6.17 Å². The molecule has 0 saturated carbocycles. The Bertz CT molecular complexity index is 1270. The van der Waals surface area contributed by atoms with Gasteiger partial charge in [0.1, 0.15) is 0 Å². The van der Waals surface area contributed by atoms with Gasteiger partial charge in [0.05, 0.1) is 25.0 Å². The number of H-pyrrole nitrogens is 1. The maximum Gasteiger partial charge on any atom is 0.325 e. The van der Waals surface area contributed by atoms with Crippen molar-refractivity contribution >= 4 is 23.4 Å². The molecule has 1 aromatic heterocycles. The quantitative estimate of drug-likeness (QED) is 0.327. The van der Waals surface area contributed by atoms with Crippen molar-refractivity contribution in [3.8, 4) is 22.8 Å². The molecule has 1 amide bonds. The molecule has 8 nitrogen and oxygen atoms in total. The minimum Gasteiger partial charge on any atom is -0.493 e. The molecule has 1 aliphatic heterocycles. The highest BCUT2D eigenvalue weighted by Crippen LogP contribution is 2.39. The van der Waals surface area contributed by atoms with Gasteiger partial charge in [-0.25, -0.2) is 4.90 Å². The van der Waals surface area contributed by atoms with E-state index >= 15 is 0 Å². The molecule has 0 bridgehead atoms. The number of anilines is 1. The van der Waals surface area contributed by atoms with Crippen LogP contribution in [0.2, 0.25) is 0 Å². The lowest BCUT2D eigenvalue weighted by Gasteiger charge is -2.31. The van der Waals surface area contributed by atoms with E-state index in [0.717, 1.165) is 5.56 Å². The van der Waals surface area contributed by atoms with Crippen LogP contribution in [0.1, 0.15) is 25.6 Å². The zero-order chi connectivity index (χ0) is 23.5. The third-order valence-corrected chi connectivity index (χ3v) is 6.08. The van der Waals surface area contributed by atoms with Crippen molar-refractivity contribution in [2.75, 3.05) is 24.4 Å². The molecule has 1 N–H and O–H groups in total. The number of hydrogen-bond acceptors (Lipinski definition) is 6. The van der Waals surface area contributed by atoms with Crippen molar-refractivity contribution in [1.29, 1.82) is 0 Å². The lowest BCUT2D eigenvalue weighted by molar-refractivity contribution is -0.763. The van der Waals surface area contributed by atoms with Crippen LogP contribution < -0.4 is 24.6 Å². The zero-order valence-corrected chi connectivity index (χ0v) is 19.5. The Morgan fingerprint density at radius 2 is 2.09 bits per heavy atom. The molecule has 9 heteroatoms. The topological polar surface area (TPSA) is 88.4 Å². The van der Waals surface area contributed by atoms with Gasteiger partial charge in [0, 0.05) is 23.3 Å². The van der Waals surface area contributed by atoms with Gasteiger partial charge < -0.3 is 9.47 Å². The van der Waals surface area contributed by atoms with Gasteiger partial charge in [0.2, 0.25) is 11.1 Å². The van der Waals surface area contributed by atoms with E-state index in [-0.39, 0.29) is 11.5 Å². The van der Waals surface area contributed by atoms with Crippen LogP contribution in [-0.2, 0) is 4.79 Å². The first-order valence-electron chi connectivity index (χ1n) is 10.5. The number of aromatic amines is 1. The molecule has 4 rings (SSSR count). The third-order valence-electron chi connectivity index (χ3n) is 5.22. The van der Waals surface area contributed by atoms with Gasteiger partial charge in [-0.05, 0) is 41.9 Å². The Morgan fingerprint density at radius 3 is 2.79 bits per heavy atom. The Morgan fingerprint density at radius 1 is 1.30 bits per heavy atom. The Balaban J connectivity index is 2.00. The van der Waals surface area contributed by atoms with Gasteiger partial charge in [-0.15, -0.1) is 6.58 Å². The van der Waals surface area contributed by atoms with Crippen molar-refractivity contribution in [2.24, 2.45) is 0 Å². The van der Waals surface area contributed by atoms with Gasteiger partial charge in [-0.2, -0.15) is 0 Å². The summed E-state index contributed by atoms with van der Waals surface area (Å²) in [5, 5.41) is 5.16. The average molecular weight is 466 g/mol. The second-order valence-electron chi connectivity index (χ2n) is 7.28. The third kappa shape index (κ3) is 4.11. The van der Waals surface area contributed by atoms with Crippen LogP contribution in [0, 0.1) is 0 Å². The van der Waals surface area contributed by atoms with Gasteiger partial charge in [-0.3, -0.25) is 14.6 Å². The SMILES string of the molecule is C=CCSc1n[n+]2c(c(=O)[nH]1)-c1ccccc1N(C(C)=O)[C@H]2c1ccc(OCC)c(OC)c1. The van der Waals surface area contributed by atoms with Crippen molar-refractivity contribution in [3.63, 3.8) is 0 Å². The molecule has 0 aliphatic carbocycles.